The summed E-state index contributed by atoms with van der Waals surface area (Å²) < 4.78 is 12.8. The molecule has 0 bridgehead atoms. The minimum absolute atomic E-state index is 0.0163. The Kier molecular flexibility index (Phi) is 4.03. The molecule has 0 N–H and O–H groups in total. The fourth-order valence-corrected chi connectivity index (χ4v) is 2.94. The van der Waals surface area contributed by atoms with Crippen molar-refractivity contribution in [3.05, 3.63) is 17.7 Å². The van der Waals surface area contributed by atoms with Crippen LogP contribution < -0.4 is 0 Å². The molecular formula is C14H21N3O3. The van der Waals surface area contributed by atoms with E-state index in [4.69, 9.17) is 9.47 Å². The van der Waals surface area contributed by atoms with Gasteiger partial charge in [-0.2, -0.15) is 0 Å². The van der Waals surface area contributed by atoms with E-state index < -0.39 is 0 Å². The van der Waals surface area contributed by atoms with E-state index in [-0.39, 0.29) is 12.0 Å². The highest BCUT2D eigenvalue weighted by molar-refractivity contribution is 5.91. The van der Waals surface area contributed by atoms with Crippen molar-refractivity contribution in [2.24, 2.45) is 0 Å². The number of morpholine rings is 1. The molecule has 110 valence electrons. The van der Waals surface area contributed by atoms with Crippen LogP contribution in [0.4, 0.5) is 0 Å². The molecule has 20 heavy (non-hydrogen) atoms. The quantitative estimate of drug-likeness (QED) is 0.817. The molecule has 0 saturated carbocycles. The van der Waals surface area contributed by atoms with Crippen molar-refractivity contribution in [2.75, 3.05) is 33.4 Å². The van der Waals surface area contributed by atoms with E-state index in [1.165, 1.54) is 12.1 Å². The van der Waals surface area contributed by atoms with Crippen LogP contribution in [0.2, 0.25) is 0 Å². The van der Waals surface area contributed by atoms with Crippen LogP contribution in [0.25, 0.3) is 0 Å². The highest BCUT2D eigenvalue weighted by Gasteiger charge is 2.28. The molecule has 1 aromatic heterocycles. The van der Waals surface area contributed by atoms with Gasteiger partial charge in [-0.15, -0.1) is 0 Å². The van der Waals surface area contributed by atoms with E-state index in [2.05, 4.69) is 9.55 Å². The Morgan fingerprint density at radius 2 is 2.40 bits per heavy atom. The number of amides is 1. The van der Waals surface area contributed by atoms with Crippen molar-refractivity contribution in [3.63, 3.8) is 0 Å². The summed E-state index contributed by atoms with van der Waals surface area (Å²) in [6.07, 6.45) is 5.15. The number of aryl methyl sites for hydroxylation is 1. The number of imidazole rings is 1. The molecule has 1 saturated heterocycles. The summed E-state index contributed by atoms with van der Waals surface area (Å²) in [6.45, 7) is 3.19. The van der Waals surface area contributed by atoms with Gasteiger partial charge in [0, 0.05) is 38.6 Å². The molecule has 0 aromatic carbocycles. The minimum Gasteiger partial charge on any atom is -0.382 e. The van der Waals surface area contributed by atoms with Crippen molar-refractivity contribution in [1.82, 2.24) is 14.5 Å². The zero-order valence-electron chi connectivity index (χ0n) is 11.9. The van der Waals surface area contributed by atoms with E-state index >= 15 is 0 Å². The molecule has 0 radical (unpaired) electrons. The summed E-state index contributed by atoms with van der Waals surface area (Å²) in [7, 11) is 1.65. The molecule has 1 aromatic rings. The number of ether oxygens (including phenoxy) is 2. The lowest BCUT2D eigenvalue weighted by Gasteiger charge is -2.32. The molecule has 1 atom stereocenters. The second-order valence-electron chi connectivity index (χ2n) is 5.38. The fraction of sp³-hybridized carbons (Fsp3) is 0.714. The van der Waals surface area contributed by atoms with Crippen molar-refractivity contribution in [2.45, 2.75) is 31.9 Å². The lowest BCUT2D eigenvalue weighted by molar-refractivity contribution is -0.0534. The van der Waals surface area contributed by atoms with Crippen LogP contribution in [0, 0.1) is 0 Å². The van der Waals surface area contributed by atoms with Crippen LogP contribution in [0.1, 0.15) is 29.2 Å². The smallest absolute Gasteiger partial charge is 0.290 e. The first-order valence-electron chi connectivity index (χ1n) is 7.24. The first-order chi connectivity index (χ1) is 9.79. The molecule has 0 spiro atoms. The molecule has 1 unspecified atom stereocenters. The second kappa shape index (κ2) is 5.93. The number of methoxy groups -OCH3 is 1. The van der Waals surface area contributed by atoms with E-state index in [1.54, 1.807) is 7.11 Å². The Morgan fingerprint density at radius 1 is 1.50 bits per heavy atom. The van der Waals surface area contributed by atoms with Gasteiger partial charge in [-0.05, 0) is 19.3 Å². The van der Waals surface area contributed by atoms with Gasteiger partial charge >= 0.3 is 0 Å². The molecule has 2 aliphatic heterocycles. The Labute approximate surface area is 118 Å². The van der Waals surface area contributed by atoms with Crippen LogP contribution in [0.5, 0.6) is 0 Å². The van der Waals surface area contributed by atoms with Crippen LogP contribution in [0.3, 0.4) is 0 Å². The third-order valence-electron chi connectivity index (χ3n) is 3.97. The van der Waals surface area contributed by atoms with Gasteiger partial charge in [-0.1, -0.05) is 0 Å². The lowest BCUT2D eigenvalue weighted by Crippen LogP contribution is -2.47. The average Bonchev–Trinajstić information content (AvgIpc) is 2.91. The molecule has 0 aliphatic carbocycles. The number of aromatic nitrogens is 2. The zero-order chi connectivity index (χ0) is 13.9. The molecule has 6 nitrogen and oxygen atoms in total. The number of carbonyl (C=O) groups excluding carboxylic acids is 1. The Balaban J connectivity index is 1.73. The largest absolute Gasteiger partial charge is 0.382 e. The highest BCUT2D eigenvalue weighted by Crippen LogP contribution is 2.18. The lowest BCUT2D eigenvalue weighted by atomic mass is 10.1. The number of fused-ring (bicyclic) bond motifs is 1. The first-order valence-corrected chi connectivity index (χ1v) is 7.24. The topological polar surface area (TPSA) is 56.6 Å². The van der Waals surface area contributed by atoms with Crippen molar-refractivity contribution < 1.29 is 14.3 Å². The predicted molar refractivity (Wildman–Crippen MR) is 72.7 cm³/mol. The van der Waals surface area contributed by atoms with Gasteiger partial charge in [0.25, 0.3) is 5.91 Å². The van der Waals surface area contributed by atoms with Gasteiger partial charge in [0.1, 0.15) is 0 Å². The van der Waals surface area contributed by atoms with Crippen LogP contribution in [0.15, 0.2) is 6.20 Å². The predicted octanol–water partition coefficient (Wildman–Crippen LogP) is 0.707. The molecular weight excluding hydrogens is 258 g/mol. The van der Waals surface area contributed by atoms with Crippen molar-refractivity contribution >= 4 is 5.91 Å². The highest BCUT2D eigenvalue weighted by atomic mass is 16.5. The summed E-state index contributed by atoms with van der Waals surface area (Å²) in [5.74, 6) is 0.598. The monoisotopic (exact) mass is 279 g/mol. The van der Waals surface area contributed by atoms with Gasteiger partial charge in [0.05, 0.1) is 19.3 Å². The fourth-order valence-electron chi connectivity index (χ4n) is 2.94. The number of rotatable bonds is 3. The molecule has 2 aliphatic rings. The summed E-state index contributed by atoms with van der Waals surface area (Å²) in [5, 5.41) is 0. The molecule has 1 amide bonds. The maximum atomic E-state index is 12.6. The Bertz CT molecular complexity index is 484. The van der Waals surface area contributed by atoms with Gasteiger partial charge in [-0.3, -0.25) is 4.79 Å². The molecule has 3 heterocycles. The summed E-state index contributed by atoms with van der Waals surface area (Å²) in [5.41, 5.74) is 1.18. The number of hydrogen-bond acceptors (Lipinski definition) is 4. The van der Waals surface area contributed by atoms with Gasteiger partial charge in [0.15, 0.2) is 5.82 Å². The van der Waals surface area contributed by atoms with Crippen LogP contribution in [-0.4, -0.2) is 59.9 Å². The Morgan fingerprint density at radius 3 is 3.25 bits per heavy atom. The molecule has 6 heteroatoms. The zero-order valence-corrected chi connectivity index (χ0v) is 11.9. The molecule has 3 rings (SSSR count). The van der Waals surface area contributed by atoms with Gasteiger partial charge in [0.2, 0.25) is 0 Å². The summed E-state index contributed by atoms with van der Waals surface area (Å²) >= 11 is 0. The maximum Gasteiger partial charge on any atom is 0.290 e. The normalized spacial score (nSPS) is 22.6. The summed E-state index contributed by atoms with van der Waals surface area (Å²) in [6, 6.07) is 0. The van der Waals surface area contributed by atoms with E-state index in [9.17, 15) is 4.79 Å². The molecule has 1 fully saturated rings. The standard InChI is InChI=1S/C14H21N3O3/c1-19-10-12-9-16(6-7-20-12)14(18)13-15-8-11-4-2-3-5-17(11)13/h8,12H,2-7,9-10H2,1H3. The number of carbonyl (C=O) groups is 1. The van der Waals surface area contributed by atoms with Crippen LogP contribution >= 0.6 is 0 Å². The SMILES string of the molecule is COCC1CN(C(=O)c2ncc3n2CCCC3)CCO1. The number of hydrogen-bond donors (Lipinski definition) is 0. The van der Waals surface area contributed by atoms with Crippen molar-refractivity contribution in [3.8, 4) is 0 Å². The van der Waals surface area contributed by atoms with E-state index in [0.717, 1.165) is 19.4 Å². The van der Waals surface area contributed by atoms with E-state index in [0.29, 0.717) is 32.1 Å². The first kappa shape index (κ1) is 13.6. The second-order valence-corrected chi connectivity index (χ2v) is 5.38. The van der Waals surface area contributed by atoms with E-state index in [1.807, 2.05) is 11.1 Å². The number of nitrogens with zero attached hydrogens (tertiary/aromatic N) is 3. The average molecular weight is 279 g/mol. The Hall–Kier alpha value is -1.40. The van der Waals surface area contributed by atoms with Crippen molar-refractivity contribution in [1.29, 1.82) is 0 Å². The summed E-state index contributed by atoms with van der Waals surface area (Å²) in [4.78, 5) is 18.8. The van der Waals surface area contributed by atoms with Crippen LogP contribution in [-0.2, 0) is 22.4 Å². The van der Waals surface area contributed by atoms with Gasteiger partial charge < -0.3 is 18.9 Å². The third kappa shape index (κ3) is 2.58. The van der Waals surface area contributed by atoms with Gasteiger partial charge in [-0.25, -0.2) is 4.98 Å². The minimum atomic E-state index is -0.0338. The third-order valence-corrected chi connectivity index (χ3v) is 3.97. The maximum absolute atomic E-state index is 12.6.